The van der Waals surface area contributed by atoms with Gasteiger partial charge in [-0.15, -0.1) is 0 Å². The molecular formula is C14H14N4O3. The second kappa shape index (κ2) is 5.35. The summed E-state index contributed by atoms with van der Waals surface area (Å²) in [5.74, 6) is -0.400. The van der Waals surface area contributed by atoms with Crippen molar-refractivity contribution < 1.29 is 4.79 Å². The predicted molar refractivity (Wildman–Crippen MR) is 75.2 cm³/mol. The molecule has 0 radical (unpaired) electrons. The second-order valence-corrected chi connectivity index (χ2v) is 5.03. The number of nitrogens with one attached hydrogen (secondary N) is 3. The fourth-order valence-corrected chi connectivity index (χ4v) is 2.53. The highest BCUT2D eigenvalue weighted by molar-refractivity contribution is 5.93. The maximum Gasteiger partial charge on any atom is 0.264 e. The number of amides is 1. The molecule has 0 saturated carbocycles. The number of pyridine rings is 1. The molecule has 3 N–H and O–H groups in total. The van der Waals surface area contributed by atoms with Crippen molar-refractivity contribution in [1.29, 1.82) is 0 Å². The second-order valence-electron chi connectivity index (χ2n) is 5.03. The van der Waals surface area contributed by atoms with E-state index in [4.69, 9.17) is 0 Å². The first-order valence-corrected chi connectivity index (χ1v) is 6.69. The molecule has 1 aliphatic carbocycles. The number of H-pyrrole nitrogens is 2. The Kier molecular flexibility index (Phi) is 3.39. The maximum absolute atomic E-state index is 12.1. The molecule has 0 aliphatic heterocycles. The van der Waals surface area contributed by atoms with Crippen molar-refractivity contribution in [2.45, 2.75) is 25.3 Å². The number of hydrogen-bond donors (Lipinski definition) is 3. The fraction of sp³-hybridized carbons (Fsp3) is 0.286. The predicted octanol–water partition coefficient (Wildman–Crippen LogP) is -0.255. The maximum atomic E-state index is 12.1. The molecule has 1 atom stereocenters. The Morgan fingerprint density at radius 1 is 1.38 bits per heavy atom. The topological polar surface area (TPSA) is 108 Å². The Labute approximate surface area is 119 Å². The van der Waals surface area contributed by atoms with Crippen LogP contribution in [0.1, 0.15) is 28.0 Å². The Morgan fingerprint density at radius 3 is 3.05 bits per heavy atom. The first-order valence-electron chi connectivity index (χ1n) is 6.69. The van der Waals surface area contributed by atoms with Crippen LogP contribution in [-0.2, 0) is 12.8 Å². The average Bonchev–Trinajstić information content (AvgIpc) is 2.47. The number of rotatable bonds is 2. The van der Waals surface area contributed by atoms with E-state index in [1.54, 1.807) is 6.07 Å². The third-order valence-electron chi connectivity index (χ3n) is 3.57. The summed E-state index contributed by atoms with van der Waals surface area (Å²) in [6, 6.07) is 4.50. The van der Waals surface area contributed by atoms with Gasteiger partial charge in [-0.1, -0.05) is 0 Å². The summed E-state index contributed by atoms with van der Waals surface area (Å²) in [6.45, 7) is 0. The van der Waals surface area contributed by atoms with Gasteiger partial charge in [-0.05, 0) is 37.0 Å². The third kappa shape index (κ3) is 2.76. The third-order valence-corrected chi connectivity index (χ3v) is 3.57. The van der Waals surface area contributed by atoms with E-state index in [0.717, 1.165) is 17.7 Å². The molecule has 7 heteroatoms. The van der Waals surface area contributed by atoms with E-state index in [-0.39, 0.29) is 17.2 Å². The highest BCUT2D eigenvalue weighted by Gasteiger charge is 2.22. The summed E-state index contributed by atoms with van der Waals surface area (Å²) < 4.78 is 0. The zero-order valence-corrected chi connectivity index (χ0v) is 11.2. The summed E-state index contributed by atoms with van der Waals surface area (Å²) in [4.78, 5) is 37.4. The minimum atomic E-state index is -0.413. The standard InChI is InChI=1S/C14H14N4O3/c19-12-7-8-6-9(3-4-11(8)17-18-12)16-14(21)10-2-1-5-15-13(10)20/h1-2,5,7,9H,3-4,6H2,(H,15,20)(H,16,21)(H,18,19)/t9-/m1/s1. The lowest BCUT2D eigenvalue weighted by atomic mass is 9.92. The van der Waals surface area contributed by atoms with E-state index < -0.39 is 11.5 Å². The Bertz CT molecular complexity index is 793. The van der Waals surface area contributed by atoms with E-state index in [0.29, 0.717) is 12.8 Å². The molecule has 2 aromatic rings. The van der Waals surface area contributed by atoms with Gasteiger partial charge in [-0.25, -0.2) is 5.10 Å². The Morgan fingerprint density at radius 2 is 2.24 bits per heavy atom. The van der Waals surface area contributed by atoms with Crippen molar-refractivity contribution in [3.63, 3.8) is 0 Å². The van der Waals surface area contributed by atoms with Crippen LogP contribution in [-0.4, -0.2) is 27.1 Å². The highest BCUT2D eigenvalue weighted by atomic mass is 16.2. The van der Waals surface area contributed by atoms with Crippen LogP contribution in [0.5, 0.6) is 0 Å². The number of carbonyl (C=O) groups excluding carboxylic acids is 1. The number of nitrogens with zero attached hydrogens (tertiary/aromatic N) is 1. The van der Waals surface area contributed by atoms with E-state index in [1.807, 2.05) is 0 Å². The SMILES string of the molecule is O=C(N[C@@H]1CCc2n[nH]c(=O)cc2C1)c1ccc[nH]c1=O. The van der Waals surface area contributed by atoms with Gasteiger partial charge in [0.2, 0.25) is 0 Å². The van der Waals surface area contributed by atoms with Crippen molar-refractivity contribution in [3.05, 3.63) is 61.9 Å². The fourth-order valence-electron chi connectivity index (χ4n) is 2.53. The molecule has 7 nitrogen and oxygen atoms in total. The van der Waals surface area contributed by atoms with Crippen LogP contribution in [0.15, 0.2) is 34.0 Å². The lowest BCUT2D eigenvalue weighted by Crippen LogP contribution is -2.41. The largest absolute Gasteiger partial charge is 0.349 e. The minimum absolute atomic E-state index is 0.0901. The van der Waals surface area contributed by atoms with Gasteiger partial charge in [0.25, 0.3) is 17.0 Å². The van der Waals surface area contributed by atoms with E-state index in [2.05, 4.69) is 20.5 Å². The first kappa shape index (κ1) is 13.3. The van der Waals surface area contributed by atoms with Gasteiger partial charge in [0.1, 0.15) is 5.56 Å². The highest BCUT2D eigenvalue weighted by Crippen LogP contribution is 2.17. The number of aryl methyl sites for hydroxylation is 1. The smallest absolute Gasteiger partial charge is 0.264 e. The molecule has 3 rings (SSSR count). The van der Waals surface area contributed by atoms with Crippen LogP contribution in [0, 0.1) is 0 Å². The molecule has 1 amide bonds. The van der Waals surface area contributed by atoms with Crippen molar-refractivity contribution in [3.8, 4) is 0 Å². The number of carbonyl (C=O) groups is 1. The van der Waals surface area contributed by atoms with E-state index in [9.17, 15) is 14.4 Å². The van der Waals surface area contributed by atoms with Gasteiger partial charge in [0, 0.05) is 18.3 Å². The molecule has 0 unspecified atom stereocenters. The van der Waals surface area contributed by atoms with Gasteiger partial charge < -0.3 is 10.3 Å². The van der Waals surface area contributed by atoms with Crippen molar-refractivity contribution in [2.24, 2.45) is 0 Å². The molecule has 0 aromatic carbocycles. The normalized spacial score (nSPS) is 17.0. The number of aromatic amines is 2. The number of aromatic nitrogens is 3. The van der Waals surface area contributed by atoms with Crippen LogP contribution in [0.3, 0.4) is 0 Å². The molecule has 0 bridgehead atoms. The van der Waals surface area contributed by atoms with Crippen LogP contribution >= 0.6 is 0 Å². The van der Waals surface area contributed by atoms with Crippen molar-refractivity contribution in [1.82, 2.24) is 20.5 Å². The van der Waals surface area contributed by atoms with Crippen molar-refractivity contribution >= 4 is 5.91 Å². The number of fused-ring (bicyclic) bond motifs is 1. The van der Waals surface area contributed by atoms with Gasteiger partial charge in [-0.3, -0.25) is 14.4 Å². The zero-order chi connectivity index (χ0) is 14.8. The molecular weight excluding hydrogens is 272 g/mol. The Balaban J connectivity index is 1.75. The van der Waals surface area contributed by atoms with Crippen LogP contribution in [0.25, 0.3) is 0 Å². The monoisotopic (exact) mass is 286 g/mol. The minimum Gasteiger partial charge on any atom is -0.349 e. The lowest BCUT2D eigenvalue weighted by Gasteiger charge is -2.24. The average molecular weight is 286 g/mol. The molecule has 2 heterocycles. The summed E-state index contributed by atoms with van der Waals surface area (Å²) in [5.41, 5.74) is 1.13. The molecule has 0 spiro atoms. The van der Waals surface area contributed by atoms with Crippen LogP contribution in [0.2, 0.25) is 0 Å². The summed E-state index contributed by atoms with van der Waals surface area (Å²) in [7, 11) is 0. The Hall–Kier alpha value is -2.70. The lowest BCUT2D eigenvalue weighted by molar-refractivity contribution is 0.0932. The van der Waals surface area contributed by atoms with Gasteiger partial charge in [0.05, 0.1) is 5.69 Å². The van der Waals surface area contributed by atoms with Gasteiger partial charge in [-0.2, -0.15) is 5.10 Å². The zero-order valence-electron chi connectivity index (χ0n) is 11.2. The molecule has 108 valence electrons. The molecule has 0 fully saturated rings. The summed E-state index contributed by atoms with van der Waals surface area (Å²) >= 11 is 0. The van der Waals surface area contributed by atoms with E-state index >= 15 is 0 Å². The first-order chi connectivity index (χ1) is 10.1. The van der Waals surface area contributed by atoms with Crippen molar-refractivity contribution in [2.75, 3.05) is 0 Å². The van der Waals surface area contributed by atoms with Gasteiger partial charge in [0.15, 0.2) is 0 Å². The quantitative estimate of drug-likeness (QED) is 0.707. The number of hydrogen-bond acceptors (Lipinski definition) is 4. The van der Waals surface area contributed by atoms with Crippen LogP contribution in [0.4, 0.5) is 0 Å². The summed E-state index contributed by atoms with van der Waals surface area (Å²) in [6.07, 6.45) is 3.43. The van der Waals surface area contributed by atoms with Crippen LogP contribution < -0.4 is 16.4 Å². The molecule has 1 aliphatic rings. The molecule has 0 saturated heterocycles. The van der Waals surface area contributed by atoms with Gasteiger partial charge >= 0.3 is 0 Å². The van der Waals surface area contributed by atoms with E-state index in [1.165, 1.54) is 18.3 Å². The molecule has 2 aromatic heterocycles. The summed E-state index contributed by atoms with van der Waals surface area (Å²) in [5, 5.41) is 9.25. The molecule has 21 heavy (non-hydrogen) atoms.